The second kappa shape index (κ2) is 7.21. The largest absolute Gasteiger partial charge is 0.356 e. The Hall–Kier alpha value is -1.29. The molecule has 0 aliphatic heterocycles. The molecule has 1 amide bonds. The minimum Gasteiger partial charge on any atom is -0.356 e. The molecule has 18 heavy (non-hydrogen) atoms. The number of rotatable bonds is 7. The molecule has 4 heteroatoms. The summed E-state index contributed by atoms with van der Waals surface area (Å²) in [6.45, 7) is 6.69. The molecular formula is C14H25N3O. The van der Waals surface area contributed by atoms with Crippen LogP contribution in [0.25, 0.3) is 0 Å². The first kappa shape index (κ1) is 14.8. The maximum absolute atomic E-state index is 11.7. The summed E-state index contributed by atoms with van der Waals surface area (Å²) < 4.78 is 2.18. The lowest BCUT2D eigenvalue weighted by molar-refractivity contribution is -0.121. The molecule has 4 nitrogen and oxygen atoms in total. The van der Waals surface area contributed by atoms with Crippen LogP contribution >= 0.6 is 0 Å². The molecule has 0 aliphatic rings. The van der Waals surface area contributed by atoms with Gasteiger partial charge in [0.25, 0.3) is 0 Å². The summed E-state index contributed by atoms with van der Waals surface area (Å²) in [4.78, 5) is 13.8. The van der Waals surface area contributed by atoms with Crippen molar-refractivity contribution in [2.45, 2.75) is 33.2 Å². The molecule has 1 aromatic heterocycles. The van der Waals surface area contributed by atoms with Gasteiger partial charge >= 0.3 is 0 Å². The van der Waals surface area contributed by atoms with Crippen LogP contribution in [0, 0.1) is 13.8 Å². The van der Waals surface area contributed by atoms with Gasteiger partial charge in [-0.05, 0) is 53.0 Å². The lowest BCUT2D eigenvalue weighted by Gasteiger charge is -2.11. The van der Waals surface area contributed by atoms with E-state index in [1.807, 2.05) is 14.1 Å². The molecule has 0 fully saturated rings. The first-order chi connectivity index (χ1) is 8.50. The van der Waals surface area contributed by atoms with Gasteiger partial charge in [-0.25, -0.2) is 0 Å². The molecule has 0 spiro atoms. The fourth-order valence-corrected chi connectivity index (χ4v) is 1.98. The Labute approximate surface area is 110 Å². The van der Waals surface area contributed by atoms with E-state index < -0.39 is 0 Å². The van der Waals surface area contributed by atoms with Gasteiger partial charge in [0.2, 0.25) is 5.91 Å². The predicted octanol–water partition coefficient (Wildman–Crippen LogP) is 1.56. The van der Waals surface area contributed by atoms with E-state index in [0.29, 0.717) is 6.42 Å². The summed E-state index contributed by atoms with van der Waals surface area (Å²) >= 11 is 0. The Morgan fingerprint density at radius 2 is 1.89 bits per heavy atom. The molecule has 1 rings (SSSR count). The molecule has 0 bridgehead atoms. The minimum absolute atomic E-state index is 0.140. The molecule has 1 N–H and O–H groups in total. The summed E-state index contributed by atoms with van der Waals surface area (Å²) in [6, 6.07) is 4.18. The zero-order valence-corrected chi connectivity index (χ0v) is 12.0. The maximum atomic E-state index is 11.7. The fourth-order valence-electron chi connectivity index (χ4n) is 1.98. The molecule has 0 atom stereocenters. The van der Waals surface area contributed by atoms with Crippen molar-refractivity contribution < 1.29 is 4.79 Å². The maximum Gasteiger partial charge on any atom is 0.221 e. The molecule has 0 saturated carbocycles. The average molecular weight is 251 g/mol. The van der Waals surface area contributed by atoms with Crippen LogP contribution in [-0.4, -0.2) is 42.6 Å². The number of aryl methyl sites for hydroxylation is 2. The Morgan fingerprint density at radius 3 is 2.44 bits per heavy atom. The molecule has 0 unspecified atom stereocenters. The van der Waals surface area contributed by atoms with Crippen molar-refractivity contribution >= 4 is 5.91 Å². The van der Waals surface area contributed by atoms with Crippen molar-refractivity contribution in [3.05, 3.63) is 23.5 Å². The Bertz CT molecular complexity index is 363. The number of nitrogens with one attached hydrogen (secondary N) is 1. The van der Waals surface area contributed by atoms with E-state index in [2.05, 4.69) is 40.8 Å². The number of amides is 1. The monoisotopic (exact) mass is 251 g/mol. The number of hydrogen-bond donors (Lipinski definition) is 1. The van der Waals surface area contributed by atoms with Crippen LogP contribution in [0.4, 0.5) is 0 Å². The first-order valence-corrected chi connectivity index (χ1v) is 6.55. The Kier molecular flexibility index (Phi) is 5.92. The highest BCUT2D eigenvalue weighted by Crippen LogP contribution is 2.07. The minimum atomic E-state index is 0.140. The second-order valence-corrected chi connectivity index (χ2v) is 5.02. The van der Waals surface area contributed by atoms with Crippen LogP contribution in [-0.2, 0) is 11.3 Å². The lowest BCUT2D eigenvalue weighted by atomic mass is 10.3. The normalized spacial score (nSPS) is 10.9. The zero-order valence-electron chi connectivity index (χ0n) is 12.0. The van der Waals surface area contributed by atoms with Crippen LogP contribution < -0.4 is 5.32 Å². The van der Waals surface area contributed by atoms with Gasteiger partial charge in [-0.2, -0.15) is 0 Å². The SMILES string of the molecule is Cc1ccc(C)n1CCC(=O)NCCCN(C)C. The number of aromatic nitrogens is 1. The summed E-state index contributed by atoms with van der Waals surface area (Å²) in [7, 11) is 4.08. The molecule has 1 heterocycles. The van der Waals surface area contributed by atoms with Gasteiger partial charge in [0, 0.05) is 30.9 Å². The van der Waals surface area contributed by atoms with Gasteiger partial charge in [0.05, 0.1) is 0 Å². The van der Waals surface area contributed by atoms with Crippen molar-refractivity contribution in [2.24, 2.45) is 0 Å². The zero-order chi connectivity index (χ0) is 13.5. The van der Waals surface area contributed by atoms with Crippen LogP contribution in [0.15, 0.2) is 12.1 Å². The highest BCUT2D eigenvalue weighted by atomic mass is 16.1. The van der Waals surface area contributed by atoms with E-state index in [9.17, 15) is 4.79 Å². The standard InChI is InChI=1S/C14H25N3O/c1-12-6-7-13(2)17(12)11-8-14(18)15-9-5-10-16(3)4/h6-7H,5,8-11H2,1-4H3,(H,15,18). The van der Waals surface area contributed by atoms with Gasteiger partial charge in [0.1, 0.15) is 0 Å². The third-order valence-electron chi connectivity index (χ3n) is 3.08. The molecule has 102 valence electrons. The molecule has 0 aromatic carbocycles. The summed E-state index contributed by atoms with van der Waals surface area (Å²) in [6.07, 6.45) is 1.55. The van der Waals surface area contributed by atoms with E-state index in [4.69, 9.17) is 0 Å². The van der Waals surface area contributed by atoms with E-state index >= 15 is 0 Å². The third-order valence-corrected chi connectivity index (χ3v) is 3.08. The Balaban J connectivity index is 2.21. The van der Waals surface area contributed by atoms with Gasteiger partial charge < -0.3 is 14.8 Å². The Morgan fingerprint density at radius 1 is 1.28 bits per heavy atom. The summed E-state index contributed by atoms with van der Waals surface area (Å²) in [5.74, 6) is 0.140. The van der Waals surface area contributed by atoms with E-state index in [1.165, 1.54) is 11.4 Å². The van der Waals surface area contributed by atoms with Crippen LogP contribution in [0.1, 0.15) is 24.2 Å². The number of carbonyl (C=O) groups excluding carboxylic acids is 1. The molecule has 0 saturated heterocycles. The fraction of sp³-hybridized carbons (Fsp3) is 0.643. The highest BCUT2D eigenvalue weighted by Gasteiger charge is 2.04. The topological polar surface area (TPSA) is 37.3 Å². The van der Waals surface area contributed by atoms with Crippen molar-refractivity contribution in [1.82, 2.24) is 14.8 Å². The summed E-state index contributed by atoms with van der Waals surface area (Å²) in [5.41, 5.74) is 2.43. The van der Waals surface area contributed by atoms with E-state index in [0.717, 1.165) is 26.1 Å². The number of nitrogens with zero attached hydrogens (tertiary/aromatic N) is 2. The first-order valence-electron chi connectivity index (χ1n) is 6.55. The van der Waals surface area contributed by atoms with Gasteiger partial charge in [-0.3, -0.25) is 4.79 Å². The van der Waals surface area contributed by atoms with Crippen LogP contribution in [0.2, 0.25) is 0 Å². The number of hydrogen-bond acceptors (Lipinski definition) is 2. The highest BCUT2D eigenvalue weighted by molar-refractivity contribution is 5.75. The van der Waals surface area contributed by atoms with Crippen LogP contribution in [0.3, 0.4) is 0 Å². The van der Waals surface area contributed by atoms with Crippen molar-refractivity contribution in [3.63, 3.8) is 0 Å². The molecule has 1 aromatic rings. The van der Waals surface area contributed by atoms with Gasteiger partial charge in [-0.1, -0.05) is 0 Å². The van der Waals surface area contributed by atoms with Crippen LogP contribution in [0.5, 0.6) is 0 Å². The van der Waals surface area contributed by atoms with E-state index in [-0.39, 0.29) is 5.91 Å². The molecule has 0 radical (unpaired) electrons. The smallest absolute Gasteiger partial charge is 0.221 e. The predicted molar refractivity (Wildman–Crippen MR) is 74.7 cm³/mol. The van der Waals surface area contributed by atoms with Crippen molar-refractivity contribution in [3.8, 4) is 0 Å². The molecule has 0 aliphatic carbocycles. The number of carbonyl (C=O) groups is 1. The lowest BCUT2D eigenvalue weighted by Crippen LogP contribution is -2.28. The third kappa shape index (κ3) is 4.92. The van der Waals surface area contributed by atoms with Crippen molar-refractivity contribution in [2.75, 3.05) is 27.2 Å². The second-order valence-electron chi connectivity index (χ2n) is 5.02. The van der Waals surface area contributed by atoms with Crippen molar-refractivity contribution in [1.29, 1.82) is 0 Å². The van der Waals surface area contributed by atoms with Gasteiger partial charge in [-0.15, -0.1) is 0 Å². The quantitative estimate of drug-likeness (QED) is 0.747. The average Bonchev–Trinajstić information content (AvgIpc) is 2.62. The van der Waals surface area contributed by atoms with Gasteiger partial charge in [0.15, 0.2) is 0 Å². The molecular weight excluding hydrogens is 226 g/mol. The van der Waals surface area contributed by atoms with E-state index in [1.54, 1.807) is 0 Å². The summed E-state index contributed by atoms with van der Waals surface area (Å²) in [5, 5.41) is 2.96.